The molecule has 0 aromatic heterocycles. The molecule has 0 bridgehead atoms. The van der Waals surface area contributed by atoms with Gasteiger partial charge in [-0.05, 0) is 31.2 Å². The van der Waals surface area contributed by atoms with Crippen molar-refractivity contribution in [2.75, 3.05) is 6.54 Å². The molecule has 3 N–H and O–H groups in total. The number of hydrogen-bond acceptors (Lipinski definition) is 3. The highest BCUT2D eigenvalue weighted by Gasteiger charge is 2.27. The Kier molecular flexibility index (Phi) is 5.14. The number of carboxylic acids is 1. The molecule has 1 saturated heterocycles. The van der Waals surface area contributed by atoms with Crippen LogP contribution in [-0.2, 0) is 9.59 Å². The minimum absolute atomic E-state index is 0.00347. The number of carbonyl (C=O) groups excluding carboxylic acids is 1. The first-order chi connectivity index (χ1) is 8.28. The van der Waals surface area contributed by atoms with Crippen molar-refractivity contribution in [2.45, 2.75) is 58.5 Å². The van der Waals surface area contributed by atoms with Gasteiger partial charge in [-0.2, -0.15) is 0 Å². The van der Waals surface area contributed by atoms with Crippen molar-refractivity contribution in [1.29, 1.82) is 0 Å². The standard InChI is InChI=1S/C13H24N2O3/c1-13(2,3)8-9(7-11(16)17)15-12(18)10-5-4-6-14-10/h9-10,14H,4-8H2,1-3H3,(H,15,18)(H,16,17)/t9?,10-/m0/s1. The Morgan fingerprint density at radius 2 is 2.11 bits per heavy atom. The van der Waals surface area contributed by atoms with Crippen molar-refractivity contribution in [2.24, 2.45) is 5.41 Å². The maximum atomic E-state index is 12.0. The van der Waals surface area contributed by atoms with Crippen molar-refractivity contribution in [3.05, 3.63) is 0 Å². The lowest BCUT2D eigenvalue weighted by Crippen LogP contribution is -2.47. The summed E-state index contributed by atoms with van der Waals surface area (Å²) in [6, 6.07) is -0.446. The molecule has 0 saturated carbocycles. The second-order valence-electron chi connectivity index (χ2n) is 6.22. The maximum Gasteiger partial charge on any atom is 0.305 e. The SMILES string of the molecule is CC(C)(C)CC(CC(=O)O)NC(=O)[C@@H]1CCCN1. The lowest BCUT2D eigenvalue weighted by Gasteiger charge is -2.26. The van der Waals surface area contributed by atoms with E-state index in [0.29, 0.717) is 6.42 Å². The van der Waals surface area contributed by atoms with Crippen LogP contribution < -0.4 is 10.6 Å². The fourth-order valence-corrected chi connectivity index (χ4v) is 2.33. The van der Waals surface area contributed by atoms with Gasteiger partial charge in [0.2, 0.25) is 5.91 Å². The molecule has 1 aliphatic rings. The lowest BCUT2D eigenvalue weighted by molar-refractivity contribution is -0.138. The molecule has 2 atom stereocenters. The van der Waals surface area contributed by atoms with Crippen molar-refractivity contribution in [3.8, 4) is 0 Å². The smallest absolute Gasteiger partial charge is 0.305 e. The fraction of sp³-hybridized carbons (Fsp3) is 0.846. The number of carbonyl (C=O) groups is 2. The van der Waals surface area contributed by atoms with Crippen LogP contribution in [0, 0.1) is 5.41 Å². The van der Waals surface area contributed by atoms with E-state index in [0.717, 1.165) is 19.4 Å². The van der Waals surface area contributed by atoms with E-state index < -0.39 is 5.97 Å². The number of carboxylic acid groups (broad SMARTS) is 1. The Hall–Kier alpha value is -1.10. The molecule has 0 radical (unpaired) electrons. The third kappa shape index (κ3) is 5.49. The summed E-state index contributed by atoms with van der Waals surface area (Å²) in [4.78, 5) is 22.8. The first-order valence-electron chi connectivity index (χ1n) is 6.53. The molecule has 5 nitrogen and oxygen atoms in total. The normalized spacial score (nSPS) is 21.6. The summed E-state index contributed by atoms with van der Waals surface area (Å²) in [6.45, 7) is 6.99. The molecule has 18 heavy (non-hydrogen) atoms. The Labute approximate surface area is 108 Å². The predicted molar refractivity (Wildman–Crippen MR) is 69.3 cm³/mol. The summed E-state index contributed by atoms with van der Waals surface area (Å²) in [5.74, 6) is -0.938. The van der Waals surface area contributed by atoms with Gasteiger partial charge >= 0.3 is 5.97 Å². The largest absolute Gasteiger partial charge is 0.481 e. The Bertz CT molecular complexity index is 304. The molecule has 1 heterocycles. The van der Waals surface area contributed by atoms with Gasteiger partial charge in [-0.15, -0.1) is 0 Å². The van der Waals surface area contributed by atoms with Crippen LogP contribution in [0.3, 0.4) is 0 Å². The maximum absolute atomic E-state index is 12.0. The summed E-state index contributed by atoms with van der Waals surface area (Å²) in [7, 11) is 0. The highest BCUT2D eigenvalue weighted by Crippen LogP contribution is 2.22. The molecule has 1 aliphatic heterocycles. The summed E-state index contributed by atoms with van der Waals surface area (Å²) in [5.41, 5.74) is -0.00347. The van der Waals surface area contributed by atoms with Gasteiger partial charge < -0.3 is 15.7 Å². The Morgan fingerprint density at radius 1 is 1.44 bits per heavy atom. The van der Waals surface area contributed by atoms with Crippen LogP contribution in [0.2, 0.25) is 0 Å². The summed E-state index contributed by atoms with van der Waals surface area (Å²) in [6.07, 6.45) is 2.48. The van der Waals surface area contributed by atoms with Crippen molar-refractivity contribution >= 4 is 11.9 Å². The van der Waals surface area contributed by atoms with Crippen LogP contribution in [0.25, 0.3) is 0 Å². The van der Waals surface area contributed by atoms with Gasteiger partial charge in [0.1, 0.15) is 0 Å². The van der Waals surface area contributed by atoms with Gasteiger partial charge in [-0.1, -0.05) is 20.8 Å². The van der Waals surface area contributed by atoms with E-state index >= 15 is 0 Å². The zero-order valence-corrected chi connectivity index (χ0v) is 11.5. The summed E-state index contributed by atoms with van der Waals surface area (Å²) in [5, 5.41) is 14.9. The third-order valence-electron chi connectivity index (χ3n) is 3.00. The van der Waals surface area contributed by atoms with E-state index in [2.05, 4.69) is 10.6 Å². The molecule has 5 heteroatoms. The van der Waals surface area contributed by atoms with Gasteiger partial charge in [-0.3, -0.25) is 9.59 Å². The highest BCUT2D eigenvalue weighted by molar-refractivity contribution is 5.82. The molecule has 1 rings (SSSR count). The molecule has 0 spiro atoms. The number of aliphatic carboxylic acids is 1. The zero-order chi connectivity index (χ0) is 13.8. The van der Waals surface area contributed by atoms with Crippen molar-refractivity contribution in [3.63, 3.8) is 0 Å². The van der Waals surface area contributed by atoms with E-state index in [9.17, 15) is 9.59 Å². The van der Waals surface area contributed by atoms with Gasteiger partial charge in [0, 0.05) is 6.04 Å². The molecule has 0 aromatic carbocycles. The molecule has 1 amide bonds. The van der Waals surface area contributed by atoms with Crippen LogP contribution in [0.1, 0.15) is 46.5 Å². The number of rotatable bonds is 5. The summed E-state index contributed by atoms with van der Waals surface area (Å²) < 4.78 is 0. The monoisotopic (exact) mass is 256 g/mol. The second-order valence-corrected chi connectivity index (χ2v) is 6.22. The fourth-order valence-electron chi connectivity index (χ4n) is 2.33. The summed E-state index contributed by atoms with van der Waals surface area (Å²) >= 11 is 0. The minimum atomic E-state index is -0.871. The van der Waals surface area contributed by atoms with Crippen LogP contribution in [0.4, 0.5) is 0 Å². The number of amides is 1. The number of nitrogens with one attached hydrogen (secondary N) is 2. The average Bonchev–Trinajstić information content (AvgIpc) is 2.65. The van der Waals surface area contributed by atoms with E-state index in [1.807, 2.05) is 20.8 Å². The van der Waals surface area contributed by atoms with Gasteiger partial charge in [0.25, 0.3) is 0 Å². The molecule has 0 aromatic rings. The van der Waals surface area contributed by atoms with E-state index in [4.69, 9.17) is 5.11 Å². The average molecular weight is 256 g/mol. The molecule has 104 valence electrons. The van der Waals surface area contributed by atoms with Crippen molar-refractivity contribution in [1.82, 2.24) is 10.6 Å². The Morgan fingerprint density at radius 3 is 2.56 bits per heavy atom. The molecule has 1 fully saturated rings. The van der Waals surface area contributed by atoms with E-state index in [-0.39, 0.29) is 29.8 Å². The second kappa shape index (κ2) is 6.18. The first kappa shape index (κ1) is 15.0. The van der Waals surface area contributed by atoms with E-state index in [1.165, 1.54) is 0 Å². The lowest BCUT2D eigenvalue weighted by atomic mass is 9.87. The topological polar surface area (TPSA) is 78.4 Å². The predicted octanol–water partition coefficient (Wildman–Crippen LogP) is 1.13. The van der Waals surface area contributed by atoms with Crippen molar-refractivity contribution < 1.29 is 14.7 Å². The molecular formula is C13H24N2O3. The number of hydrogen-bond donors (Lipinski definition) is 3. The zero-order valence-electron chi connectivity index (χ0n) is 11.5. The van der Waals surface area contributed by atoms with Gasteiger partial charge in [0.05, 0.1) is 12.5 Å². The first-order valence-corrected chi connectivity index (χ1v) is 6.53. The third-order valence-corrected chi connectivity index (χ3v) is 3.00. The van der Waals surface area contributed by atoms with Gasteiger partial charge in [0.15, 0.2) is 0 Å². The molecule has 1 unspecified atom stereocenters. The van der Waals surface area contributed by atoms with Gasteiger partial charge in [-0.25, -0.2) is 0 Å². The van der Waals surface area contributed by atoms with Crippen LogP contribution in [0.15, 0.2) is 0 Å². The highest BCUT2D eigenvalue weighted by atomic mass is 16.4. The van der Waals surface area contributed by atoms with Crippen LogP contribution >= 0.6 is 0 Å². The molecule has 0 aliphatic carbocycles. The van der Waals surface area contributed by atoms with Crippen LogP contribution in [-0.4, -0.2) is 35.6 Å². The minimum Gasteiger partial charge on any atom is -0.481 e. The van der Waals surface area contributed by atoms with Crippen LogP contribution in [0.5, 0.6) is 0 Å². The quantitative estimate of drug-likeness (QED) is 0.689. The molecular weight excluding hydrogens is 232 g/mol. The Balaban J connectivity index is 2.53. The van der Waals surface area contributed by atoms with E-state index in [1.54, 1.807) is 0 Å².